The average Bonchev–Trinajstić information content (AvgIpc) is 2.44. The van der Waals surface area contributed by atoms with E-state index in [0.29, 0.717) is 50.5 Å². The van der Waals surface area contributed by atoms with E-state index in [4.69, 9.17) is 29.4 Å². The molecule has 12 rings (SSSR count). The fourth-order valence-electron chi connectivity index (χ4n) is 11.4. The van der Waals surface area contributed by atoms with Crippen LogP contribution in [0.5, 0.6) is 11.5 Å². The molecule has 4 aromatic heterocycles. The summed E-state index contributed by atoms with van der Waals surface area (Å²) < 4.78 is 12.2. The van der Waals surface area contributed by atoms with Crippen molar-refractivity contribution in [2.45, 2.75) is 52.0 Å². The number of anilines is 2. The molecule has 0 aliphatic carbocycles. The monoisotopic (exact) mass is 1160 g/mol. The molecule has 1 atom stereocenters. The molecule has 3 amide bonds. The van der Waals surface area contributed by atoms with Crippen molar-refractivity contribution in [3.8, 4) is 57.1 Å². The first-order valence-corrected chi connectivity index (χ1v) is 30.1. The fraction of sp³-hybridized carbons (Fsp3) is 0.348. The number of hydrogen-bond acceptors (Lipinski definition) is 13. The molecule has 6 heterocycles. The molecule has 444 valence electrons. The lowest BCUT2D eigenvalue weighted by Crippen LogP contribution is -2.49. The highest BCUT2D eigenvalue weighted by Gasteiger charge is 2.25. The summed E-state index contributed by atoms with van der Waals surface area (Å²) in [4.78, 5) is 84.4. The molecule has 2 fully saturated rings. The van der Waals surface area contributed by atoms with Gasteiger partial charge in [-0.15, -0.1) is 0 Å². The minimum Gasteiger partial charge on any atom is -0.494 e. The molecule has 0 spiro atoms. The van der Waals surface area contributed by atoms with Gasteiger partial charge < -0.3 is 64.5 Å². The van der Waals surface area contributed by atoms with E-state index in [1.807, 2.05) is 79.7 Å². The minimum atomic E-state index is -0.680. The van der Waals surface area contributed by atoms with Crippen LogP contribution in [0.15, 0.2) is 121 Å². The van der Waals surface area contributed by atoms with Gasteiger partial charge in [0.1, 0.15) is 40.8 Å². The smallest absolute Gasteiger partial charge is 0.242 e. The third-order valence-corrected chi connectivity index (χ3v) is 16.4. The molecule has 20 heteroatoms. The molecule has 0 saturated carbocycles. The van der Waals surface area contributed by atoms with Gasteiger partial charge in [0.2, 0.25) is 17.7 Å². The van der Waals surface area contributed by atoms with Crippen LogP contribution in [0.4, 0.5) is 11.4 Å². The van der Waals surface area contributed by atoms with Crippen LogP contribution in [-0.2, 0) is 14.4 Å². The number of aromatic amines is 4. The summed E-state index contributed by atoms with van der Waals surface area (Å²) in [6.45, 7) is 13.6. The van der Waals surface area contributed by atoms with Gasteiger partial charge in [-0.1, -0.05) is 31.2 Å². The highest BCUT2D eigenvalue weighted by Crippen LogP contribution is 2.32. The van der Waals surface area contributed by atoms with Gasteiger partial charge in [-0.2, -0.15) is 0 Å². The number of ether oxygens (including phenoxy) is 2. The number of benzene rings is 6. The Balaban J connectivity index is 0.551. The summed E-state index contributed by atoms with van der Waals surface area (Å²) in [6.07, 6.45) is 2.17. The Labute approximate surface area is 499 Å². The SMILES string of the molecule is CCCN(C(=O)CCCOc1cccc(-c2nc3ccc(-c4nc5ccc(N6CCN(C)CC6)cc5[nH]4)cc3[nH]2)c1)C(C)C(=O)NCCNC(=O)CCCOc1cccc(-c2nc3ccc(-c4nc5ccc(N6CCN(C)CC6)cc5[nH]4)cc3[nH]2)c1. The zero-order valence-electron chi connectivity index (χ0n) is 49.4. The molecule has 0 bridgehead atoms. The first-order chi connectivity index (χ1) is 42.0. The zero-order chi connectivity index (χ0) is 59.1. The zero-order valence-corrected chi connectivity index (χ0v) is 49.4. The molecule has 6 aromatic carbocycles. The summed E-state index contributed by atoms with van der Waals surface area (Å²) in [7, 11) is 4.33. The third kappa shape index (κ3) is 13.3. The predicted octanol–water partition coefficient (Wildman–Crippen LogP) is 9.24. The molecular weight excluding hydrogens is 1080 g/mol. The maximum atomic E-state index is 13.5. The molecule has 2 aliphatic heterocycles. The van der Waals surface area contributed by atoms with Crippen LogP contribution in [0.3, 0.4) is 0 Å². The van der Waals surface area contributed by atoms with E-state index in [9.17, 15) is 14.4 Å². The molecule has 20 nitrogen and oxygen atoms in total. The normalized spacial score (nSPS) is 14.6. The predicted molar refractivity (Wildman–Crippen MR) is 340 cm³/mol. The quantitative estimate of drug-likeness (QED) is 0.0329. The van der Waals surface area contributed by atoms with E-state index in [0.717, 1.165) is 142 Å². The summed E-state index contributed by atoms with van der Waals surface area (Å²) in [6, 6.07) is 39.9. The number of rotatable bonds is 23. The summed E-state index contributed by atoms with van der Waals surface area (Å²) in [5.74, 6) is 3.86. The Morgan fingerprint density at radius 1 is 0.523 bits per heavy atom. The summed E-state index contributed by atoms with van der Waals surface area (Å²) in [5.41, 5.74) is 13.5. The highest BCUT2D eigenvalue weighted by molar-refractivity contribution is 5.90. The van der Waals surface area contributed by atoms with Crippen molar-refractivity contribution in [3.63, 3.8) is 0 Å². The number of imidazole rings is 4. The van der Waals surface area contributed by atoms with Crippen LogP contribution in [-0.4, -0.2) is 178 Å². The Morgan fingerprint density at radius 2 is 0.942 bits per heavy atom. The van der Waals surface area contributed by atoms with Crippen LogP contribution >= 0.6 is 0 Å². The van der Waals surface area contributed by atoms with Gasteiger partial charge in [0.15, 0.2) is 0 Å². The number of carbonyl (C=O) groups excluding carboxylic acids is 3. The largest absolute Gasteiger partial charge is 0.494 e. The number of amides is 3. The third-order valence-electron chi connectivity index (χ3n) is 16.4. The van der Waals surface area contributed by atoms with Gasteiger partial charge in [-0.05, 0) is 137 Å². The van der Waals surface area contributed by atoms with Gasteiger partial charge in [-0.25, -0.2) is 19.9 Å². The maximum Gasteiger partial charge on any atom is 0.242 e. The number of nitrogens with one attached hydrogen (secondary N) is 6. The molecule has 10 aromatic rings. The van der Waals surface area contributed by atoms with Crippen molar-refractivity contribution in [3.05, 3.63) is 121 Å². The molecule has 6 N–H and O–H groups in total. The van der Waals surface area contributed by atoms with Gasteiger partial charge in [-0.3, -0.25) is 14.4 Å². The van der Waals surface area contributed by atoms with Gasteiger partial charge in [0.05, 0.1) is 57.3 Å². The number of nitrogens with zero attached hydrogens (tertiary/aromatic N) is 9. The second kappa shape index (κ2) is 25.9. The first-order valence-electron chi connectivity index (χ1n) is 30.1. The number of fused-ring (bicyclic) bond motifs is 4. The number of likely N-dealkylation sites (N-methyl/N-ethyl adjacent to an activating group) is 2. The number of carbonyl (C=O) groups is 3. The minimum absolute atomic E-state index is 0.118. The Bertz CT molecular complexity index is 4020. The van der Waals surface area contributed by atoms with Crippen molar-refractivity contribution in [2.75, 3.05) is 109 Å². The molecule has 0 radical (unpaired) electrons. The highest BCUT2D eigenvalue weighted by atomic mass is 16.5. The van der Waals surface area contributed by atoms with E-state index in [1.165, 1.54) is 11.4 Å². The van der Waals surface area contributed by atoms with E-state index in [-0.39, 0.29) is 43.7 Å². The van der Waals surface area contributed by atoms with Crippen molar-refractivity contribution in [2.24, 2.45) is 0 Å². The number of hydrogen-bond donors (Lipinski definition) is 6. The van der Waals surface area contributed by atoms with Crippen molar-refractivity contribution in [1.29, 1.82) is 0 Å². The number of H-pyrrole nitrogens is 4. The van der Waals surface area contributed by atoms with Crippen molar-refractivity contribution >= 4 is 73.2 Å². The Morgan fingerprint density at radius 3 is 1.41 bits per heavy atom. The lowest BCUT2D eigenvalue weighted by atomic mass is 10.2. The molecule has 2 aliphatic rings. The topological polar surface area (TPSA) is 225 Å². The number of piperazine rings is 2. The van der Waals surface area contributed by atoms with Crippen LogP contribution in [0.25, 0.3) is 89.7 Å². The first kappa shape index (κ1) is 57.2. The van der Waals surface area contributed by atoms with E-state index >= 15 is 0 Å². The summed E-state index contributed by atoms with van der Waals surface area (Å²) >= 11 is 0. The van der Waals surface area contributed by atoms with Crippen LogP contribution in [0, 0.1) is 0 Å². The maximum absolute atomic E-state index is 13.5. The molecule has 2 saturated heterocycles. The lowest BCUT2D eigenvalue weighted by molar-refractivity contribution is -0.140. The van der Waals surface area contributed by atoms with E-state index in [1.54, 1.807) is 11.8 Å². The van der Waals surface area contributed by atoms with E-state index in [2.05, 4.69) is 113 Å². The summed E-state index contributed by atoms with van der Waals surface area (Å²) in [5, 5.41) is 5.78. The lowest BCUT2D eigenvalue weighted by Gasteiger charge is -2.34. The van der Waals surface area contributed by atoms with Crippen molar-refractivity contribution < 1.29 is 23.9 Å². The Kier molecular flexibility index (Phi) is 17.2. The average molecular weight is 1160 g/mol. The fourth-order valence-corrected chi connectivity index (χ4v) is 11.4. The second-order valence-corrected chi connectivity index (χ2v) is 22.7. The van der Waals surface area contributed by atoms with E-state index < -0.39 is 6.04 Å². The number of aromatic nitrogens is 8. The van der Waals surface area contributed by atoms with Crippen molar-refractivity contribution in [1.82, 2.24) is 65.2 Å². The van der Waals surface area contributed by atoms with Crippen LogP contribution in [0.2, 0.25) is 0 Å². The van der Waals surface area contributed by atoms with Crippen LogP contribution in [0.1, 0.15) is 46.0 Å². The van der Waals surface area contributed by atoms with Gasteiger partial charge in [0, 0.05) is 118 Å². The Hall–Kier alpha value is -9.27. The van der Waals surface area contributed by atoms with Gasteiger partial charge in [0.25, 0.3) is 0 Å². The van der Waals surface area contributed by atoms with Gasteiger partial charge >= 0.3 is 0 Å². The molecule has 86 heavy (non-hydrogen) atoms. The molecule has 1 unspecified atom stereocenters. The van der Waals surface area contributed by atoms with Crippen LogP contribution < -0.4 is 29.9 Å². The molecular formula is C66H75N15O5. The second-order valence-electron chi connectivity index (χ2n) is 22.7. The standard InChI is InChI=1S/C66H75N15O5/c1-5-26-81(61(83)15-9-36-86-51-13-7-11-45(38-51)63-70-53-21-17-47(40-57(53)74-63)65-72-55-23-19-49(42-59(55)76-65)80-33-29-78(4)30-34-80)43(2)66(84)68-25-24-67-60(82)14-8-35-85-50-12-6-10-44(37-50)62-69-52-20-16-46(39-56(52)73-62)64-71-54-22-18-48(41-58(54)75-64)79-31-27-77(3)28-32-79/h6-7,10-13,16-23,37-43H,5,8-9,14-15,24-36H2,1-4H3,(H,67,82)(H,68,84)(H,69,73)(H,70,74)(H,71,75)(H,72,76).